The van der Waals surface area contributed by atoms with E-state index in [1.165, 1.54) is 0 Å². The smallest absolute Gasteiger partial charge is 0.261 e. The molecule has 3 radical (unpaired) electrons. The summed E-state index contributed by atoms with van der Waals surface area (Å²) in [5.74, 6) is 0. The van der Waals surface area contributed by atoms with Crippen LogP contribution in [0, 0.1) is 0 Å². The zero-order chi connectivity index (χ0) is 2.00. The van der Waals surface area contributed by atoms with E-state index in [1.807, 2.05) is 0 Å². The van der Waals surface area contributed by atoms with Crippen molar-refractivity contribution < 1.29 is 38.7 Å². The quantitative estimate of drug-likeness (QED) is 0.389. The first kappa shape index (κ1) is 27.3. The van der Waals surface area contributed by atoms with Gasteiger partial charge in [-0.05, 0) is 0 Å². The Morgan fingerprint density at radius 3 is 1.20 bits per heavy atom. The maximum atomic E-state index is 7.94. The van der Waals surface area contributed by atoms with Gasteiger partial charge in [-0.2, -0.15) is 0 Å². The average Bonchev–Trinajstić information content (AvgIpc) is 1.00. The molecule has 0 aliphatic heterocycles. The van der Waals surface area contributed by atoms with Crippen molar-refractivity contribution in [2.75, 3.05) is 0 Å². The molecular weight excluding hydrogens is 181 g/mol. The third kappa shape index (κ3) is 23.0. The molecule has 0 aliphatic rings. The molecule has 0 saturated carbocycles. The minimum absolute atomic E-state index is 0. The van der Waals surface area contributed by atoms with Crippen LogP contribution >= 0.6 is 9.12 Å². The second-order valence-electron chi connectivity index (χ2n) is 0. The molecule has 0 rings (SSSR count). The first-order valence-electron chi connectivity index (χ1n) is 0.183. The first-order valence-corrected chi connectivity index (χ1v) is 0.548. The van der Waals surface area contributed by atoms with E-state index in [9.17, 15) is 0 Å². The maximum absolute atomic E-state index is 7.94. The summed E-state index contributed by atoms with van der Waals surface area (Å²) >= 11 is 0. The topological polar surface area (TPSA) is 17.1 Å². The van der Waals surface area contributed by atoms with E-state index in [4.69, 9.17) is 4.57 Å². The molecule has 5 heteroatoms. The van der Waals surface area contributed by atoms with Gasteiger partial charge in [-0.1, -0.05) is 0 Å². The summed E-state index contributed by atoms with van der Waals surface area (Å²) in [6.07, 6.45) is 0. The van der Waals surface area contributed by atoms with Crippen molar-refractivity contribution in [1.29, 1.82) is 0 Å². The Morgan fingerprint density at radius 2 is 1.20 bits per heavy atom. The van der Waals surface area contributed by atoms with E-state index in [0.717, 1.165) is 0 Å². The third-order valence-electron chi connectivity index (χ3n) is 0. The van der Waals surface area contributed by atoms with E-state index in [0.29, 0.717) is 0 Å². The monoisotopic (exact) mass is 181 g/mol. The van der Waals surface area contributed by atoms with Gasteiger partial charge in [-0.3, -0.25) is 4.57 Å². The summed E-state index contributed by atoms with van der Waals surface area (Å²) in [6, 6.07) is 0. The Labute approximate surface area is 76.5 Å². The Hall–Kier alpha value is 2.14. The van der Waals surface area contributed by atoms with Gasteiger partial charge in [0.1, 0.15) is 0 Å². The minimum atomic E-state index is 0. The summed E-state index contributed by atoms with van der Waals surface area (Å²) in [7, 11) is 2.28. The Bertz CT molecular complexity index is 11.6. The van der Waals surface area contributed by atoms with Crippen LogP contribution in [0.3, 0.4) is 0 Å². The Balaban J connectivity index is -0.00000000167. The standard InChI is InChI=1S/Fe.Mn.Na.OP/c;;;1-2. The fraction of sp³-hybridized carbons (Fsp3) is 0. The minimum Gasteiger partial charge on any atom is -0.261 e. The van der Waals surface area contributed by atoms with E-state index in [-0.39, 0.29) is 63.7 Å². The number of hydrogen-bond donors (Lipinski definition) is 0. The van der Waals surface area contributed by atoms with Gasteiger partial charge in [0.15, 0.2) is 0 Å². The molecule has 0 bridgehead atoms. The molecule has 0 amide bonds. The molecule has 0 atom stereocenters. The predicted molar refractivity (Wildman–Crippen MR) is 13.4 cm³/mol. The van der Waals surface area contributed by atoms with E-state index < -0.39 is 0 Å². The zero-order valence-electron chi connectivity index (χ0n) is 2.59. The normalized spacial score (nSPS) is 0.800. The molecule has 0 N–H and O–H groups in total. The molecule has 5 heavy (non-hydrogen) atoms. The van der Waals surface area contributed by atoms with E-state index in [1.54, 1.807) is 0 Å². The second kappa shape index (κ2) is 35.4. The number of hydrogen-bond acceptors (Lipinski definition) is 1. The molecular formula is FeMnNaOP. The molecule has 0 aromatic carbocycles. The van der Waals surface area contributed by atoms with Crippen molar-refractivity contribution in [2.24, 2.45) is 0 Å². The van der Waals surface area contributed by atoms with Crippen LogP contribution in [-0.2, 0) is 38.7 Å². The van der Waals surface area contributed by atoms with Crippen LogP contribution < -0.4 is 0 Å². The third-order valence-corrected chi connectivity index (χ3v) is 0. The van der Waals surface area contributed by atoms with Gasteiger partial charge >= 0.3 is 0 Å². The van der Waals surface area contributed by atoms with Gasteiger partial charge < -0.3 is 0 Å². The summed E-state index contributed by atoms with van der Waals surface area (Å²) in [4.78, 5) is 0. The van der Waals surface area contributed by atoms with Gasteiger partial charge in [0.25, 0.3) is 9.12 Å². The largest absolute Gasteiger partial charge is 0.261 e. The van der Waals surface area contributed by atoms with Crippen molar-refractivity contribution >= 4 is 38.7 Å². The van der Waals surface area contributed by atoms with Gasteiger partial charge in [-0.25, -0.2) is 0 Å². The van der Waals surface area contributed by atoms with Crippen LogP contribution in [0.5, 0.6) is 0 Å². The molecule has 0 aromatic rings. The van der Waals surface area contributed by atoms with Gasteiger partial charge in [-0.15, -0.1) is 0 Å². The van der Waals surface area contributed by atoms with Gasteiger partial charge in [0, 0.05) is 63.7 Å². The van der Waals surface area contributed by atoms with Gasteiger partial charge in [0.2, 0.25) is 0 Å². The molecule has 1 nitrogen and oxygen atoms in total. The SMILES string of the molecule is O=[P].[Fe].[Mn].[Na]. The molecule has 0 heterocycles. The molecule has 27 valence electrons. The molecule has 0 aliphatic carbocycles. The second-order valence-corrected chi connectivity index (χ2v) is 0. The van der Waals surface area contributed by atoms with Crippen LogP contribution in [0.4, 0.5) is 0 Å². The van der Waals surface area contributed by atoms with Crippen LogP contribution in [0.1, 0.15) is 0 Å². The van der Waals surface area contributed by atoms with Crippen LogP contribution in [0.15, 0.2) is 0 Å². The summed E-state index contributed by atoms with van der Waals surface area (Å²) in [5.41, 5.74) is 0. The number of rotatable bonds is 0. The fourth-order valence-electron chi connectivity index (χ4n) is 0. The van der Waals surface area contributed by atoms with Crippen molar-refractivity contribution in [3.63, 3.8) is 0 Å². The fourth-order valence-corrected chi connectivity index (χ4v) is 0. The first-order chi connectivity index (χ1) is 1.00. The molecule has 0 aromatic heterocycles. The average molecular weight is 181 g/mol. The molecule has 0 fully saturated rings. The molecule has 0 unspecified atom stereocenters. The summed E-state index contributed by atoms with van der Waals surface area (Å²) < 4.78 is 7.94. The van der Waals surface area contributed by atoms with Crippen LogP contribution in [0.25, 0.3) is 0 Å². The van der Waals surface area contributed by atoms with Crippen LogP contribution in [0.2, 0.25) is 0 Å². The summed E-state index contributed by atoms with van der Waals surface area (Å²) in [6.45, 7) is 0. The zero-order valence-corrected chi connectivity index (χ0v) is 7.77. The maximum Gasteiger partial charge on any atom is 0.261 e. The molecule has 0 spiro atoms. The van der Waals surface area contributed by atoms with Gasteiger partial charge in [0.05, 0.1) is 0 Å². The Kier molecular flexibility index (Phi) is 194. The van der Waals surface area contributed by atoms with Crippen molar-refractivity contribution in [3.05, 3.63) is 0 Å². The van der Waals surface area contributed by atoms with Crippen molar-refractivity contribution in [1.82, 2.24) is 0 Å². The predicted octanol–water partition coefficient (Wildman–Crippen LogP) is 0.357. The summed E-state index contributed by atoms with van der Waals surface area (Å²) in [5, 5.41) is 0. The van der Waals surface area contributed by atoms with Crippen molar-refractivity contribution in [3.8, 4) is 0 Å². The molecule has 0 saturated heterocycles. The van der Waals surface area contributed by atoms with Crippen molar-refractivity contribution in [2.45, 2.75) is 0 Å². The van der Waals surface area contributed by atoms with E-state index in [2.05, 4.69) is 9.12 Å². The Morgan fingerprint density at radius 1 is 1.20 bits per heavy atom. The van der Waals surface area contributed by atoms with E-state index >= 15 is 0 Å². The van der Waals surface area contributed by atoms with Crippen LogP contribution in [-0.4, -0.2) is 29.6 Å².